The van der Waals surface area contributed by atoms with Crippen LogP contribution in [-0.4, -0.2) is 52.7 Å². The van der Waals surface area contributed by atoms with Gasteiger partial charge in [-0.3, -0.25) is 24.1 Å². The van der Waals surface area contributed by atoms with E-state index in [0.717, 1.165) is 12.8 Å². The maximum atomic E-state index is 12.6. The summed E-state index contributed by atoms with van der Waals surface area (Å²) in [6, 6.07) is 5.97. The molecule has 2 N–H and O–H groups in total. The van der Waals surface area contributed by atoms with Crippen molar-refractivity contribution in [1.29, 1.82) is 0 Å². The Bertz CT molecular complexity index is 889. The minimum atomic E-state index is -1.02. The number of hydrogen-bond acceptors (Lipinski definition) is 6. The quantitative estimate of drug-likeness (QED) is 0.372. The van der Waals surface area contributed by atoms with E-state index in [1.165, 1.54) is 18.7 Å². The number of nitrogens with zero attached hydrogens (tertiary/aromatic N) is 1. The van der Waals surface area contributed by atoms with Crippen molar-refractivity contribution in [3.8, 4) is 0 Å². The summed E-state index contributed by atoms with van der Waals surface area (Å²) < 4.78 is 5.15. The second-order valence-corrected chi connectivity index (χ2v) is 8.03. The third-order valence-electron chi connectivity index (χ3n) is 5.70. The first-order valence-corrected chi connectivity index (χ1v) is 10.5. The van der Waals surface area contributed by atoms with Crippen molar-refractivity contribution in [2.75, 3.05) is 11.9 Å². The number of nitrogens with one attached hydrogen (secondary N) is 2. The molecule has 1 heterocycles. The molecule has 0 aromatic heterocycles. The van der Waals surface area contributed by atoms with Crippen molar-refractivity contribution >= 4 is 35.3 Å². The van der Waals surface area contributed by atoms with Gasteiger partial charge in [0.25, 0.3) is 11.8 Å². The van der Waals surface area contributed by atoms with Crippen LogP contribution in [0.25, 0.3) is 0 Å². The summed E-state index contributed by atoms with van der Waals surface area (Å²) >= 11 is 0. The van der Waals surface area contributed by atoms with Gasteiger partial charge in [-0.1, -0.05) is 12.8 Å². The van der Waals surface area contributed by atoms with Crippen molar-refractivity contribution < 1.29 is 28.7 Å². The van der Waals surface area contributed by atoms with Crippen molar-refractivity contribution in [1.82, 2.24) is 10.2 Å². The minimum absolute atomic E-state index is 0.0189. The van der Waals surface area contributed by atoms with Gasteiger partial charge in [0.05, 0.1) is 0 Å². The third-order valence-corrected chi connectivity index (χ3v) is 5.70. The van der Waals surface area contributed by atoms with Gasteiger partial charge in [0, 0.05) is 24.2 Å². The topological polar surface area (TPSA) is 122 Å². The lowest BCUT2D eigenvalue weighted by molar-refractivity contribution is -0.153. The Morgan fingerprint density at radius 3 is 2.42 bits per heavy atom. The number of hydrogen-bond donors (Lipinski definition) is 2. The SMILES string of the molecule is CC(=O)c1ccc(NC(=O)[C@H](C)OC(=O)CCCN2C(=O)NC3(CCCC3)C2=O)cc1. The first kappa shape index (κ1) is 22.5. The molecule has 3 rings (SSSR count). The van der Waals surface area contributed by atoms with E-state index in [2.05, 4.69) is 10.6 Å². The highest BCUT2D eigenvalue weighted by atomic mass is 16.5. The summed E-state index contributed by atoms with van der Waals surface area (Å²) in [6.07, 6.45) is 2.35. The van der Waals surface area contributed by atoms with E-state index in [1.54, 1.807) is 24.3 Å². The molecule has 0 unspecified atom stereocenters. The zero-order chi connectivity index (χ0) is 22.6. The predicted molar refractivity (Wildman–Crippen MR) is 111 cm³/mol. The summed E-state index contributed by atoms with van der Waals surface area (Å²) in [5.41, 5.74) is 0.256. The van der Waals surface area contributed by atoms with Gasteiger partial charge in [0.15, 0.2) is 11.9 Å². The normalized spacial score (nSPS) is 18.1. The summed E-state index contributed by atoms with van der Waals surface area (Å²) in [7, 11) is 0. The average molecular weight is 429 g/mol. The summed E-state index contributed by atoms with van der Waals surface area (Å²) in [5, 5.41) is 5.42. The van der Waals surface area contributed by atoms with Gasteiger partial charge in [-0.25, -0.2) is 4.79 Å². The number of anilines is 1. The molecule has 1 aromatic rings. The molecule has 9 nitrogen and oxygen atoms in total. The van der Waals surface area contributed by atoms with E-state index < -0.39 is 29.6 Å². The van der Waals surface area contributed by atoms with Crippen LogP contribution in [0.5, 0.6) is 0 Å². The maximum absolute atomic E-state index is 12.6. The van der Waals surface area contributed by atoms with Crippen molar-refractivity contribution in [3.63, 3.8) is 0 Å². The number of imide groups is 1. The van der Waals surface area contributed by atoms with Gasteiger partial charge in [0.1, 0.15) is 5.54 Å². The molecule has 1 aliphatic carbocycles. The maximum Gasteiger partial charge on any atom is 0.325 e. The number of ether oxygens (including phenoxy) is 1. The predicted octanol–water partition coefficient (Wildman–Crippen LogP) is 2.40. The molecule has 1 saturated heterocycles. The molecule has 4 amide bonds. The Hall–Kier alpha value is -3.23. The molecule has 31 heavy (non-hydrogen) atoms. The first-order valence-electron chi connectivity index (χ1n) is 10.5. The fraction of sp³-hybridized carbons (Fsp3) is 0.500. The van der Waals surface area contributed by atoms with Gasteiger partial charge < -0.3 is 15.4 Å². The van der Waals surface area contributed by atoms with E-state index in [0.29, 0.717) is 24.1 Å². The smallest absolute Gasteiger partial charge is 0.325 e. The van der Waals surface area contributed by atoms with Gasteiger partial charge in [-0.15, -0.1) is 0 Å². The minimum Gasteiger partial charge on any atom is -0.453 e. The molecular weight excluding hydrogens is 402 g/mol. The van der Waals surface area contributed by atoms with E-state index >= 15 is 0 Å². The zero-order valence-corrected chi connectivity index (χ0v) is 17.7. The molecule has 2 aliphatic rings. The molecule has 1 saturated carbocycles. The lowest BCUT2D eigenvalue weighted by atomic mass is 9.98. The van der Waals surface area contributed by atoms with Crippen LogP contribution in [-0.2, 0) is 19.1 Å². The number of esters is 1. The van der Waals surface area contributed by atoms with Crippen molar-refractivity contribution in [3.05, 3.63) is 29.8 Å². The van der Waals surface area contributed by atoms with E-state index in [-0.39, 0.29) is 31.1 Å². The van der Waals surface area contributed by atoms with Gasteiger partial charge in [0.2, 0.25) is 0 Å². The molecule has 1 atom stereocenters. The number of carbonyl (C=O) groups excluding carboxylic acids is 5. The highest BCUT2D eigenvalue weighted by Crippen LogP contribution is 2.35. The van der Waals surface area contributed by atoms with Crippen molar-refractivity contribution in [2.45, 2.75) is 64.0 Å². The van der Waals surface area contributed by atoms with Crippen LogP contribution in [0.4, 0.5) is 10.5 Å². The highest BCUT2D eigenvalue weighted by Gasteiger charge is 2.52. The Morgan fingerprint density at radius 1 is 1.16 bits per heavy atom. The van der Waals surface area contributed by atoms with Crippen molar-refractivity contribution in [2.24, 2.45) is 0 Å². The summed E-state index contributed by atoms with van der Waals surface area (Å²) in [6.45, 7) is 3.04. The molecule has 2 fully saturated rings. The van der Waals surface area contributed by atoms with Crippen LogP contribution in [0.1, 0.15) is 62.7 Å². The van der Waals surface area contributed by atoms with Crippen LogP contribution in [0.3, 0.4) is 0 Å². The second-order valence-electron chi connectivity index (χ2n) is 8.03. The molecule has 166 valence electrons. The summed E-state index contributed by atoms with van der Waals surface area (Å²) in [4.78, 5) is 61.4. The number of rotatable bonds is 8. The van der Waals surface area contributed by atoms with E-state index in [1.807, 2.05) is 0 Å². The largest absolute Gasteiger partial charge is 0.453 e. The van der Waals surface area contributed by atoms with Gasteiger partial charge in [-0.2, -0.15) is 0 Å². The molecule has 1 aliphatic heterocycles. The van der Waals surface area contributed by atoms with E-state index in [4.69, 9.17) is 4.74 Å². The second kappa shape index (κ2) is 9.28. The Balaban J connectivity index is 1.42. The molecule has 0 bridgehead atoms. The van der Waals surface area contributed by atoms with Gasteiger partial charge >= 0.3 is 12.0 Å². The van der Waals surface area contributed by atoms with Gasteiger partial charge in [-0.05, 0) is 57.4 Å². The fourth-order valence-electron chi connectivity index (χ4n) is 3.92. The molecule has 1 aromatic carbocycles. The number of urea groups is 1. The number of ketones is 1. The first-order chi connectivity index (χ1) is 14.7. The average Bonchev–Trinajstić information content (AvgIpc) is 3.28. The lowest BCUT2D eigenvalue weighted by Crippen LogP contribution is -2.44. The zero-order valence-electron chi connectivity index (χ0n) is 17.7. The highest BCUT2D eigenvalue weighted by molar-refractivity contribution is 6.07. The third kappa shape index (κ3) is 5.10. The standard InChI is InChI=1S/C22H27N3O6/c1-14(26)16-7-9-17(10-8-16)23-19(28)15(2)31-18(27)6-5-13-25-20(29)22(24-21(25)30)11-3-4-12-22/h7-10,15H,3-6,11-13H2,1-2H3,(H,23,28)(H,24,30)/t15-/m0/s1. The number of benzene rings is 1. The molecule has 0 radical (unpaired) electrons. The summed E-state index contributed by atoms with van der Waals surface area (Å²) in [5.74, 6) is -1.38. The van der Waals surface area contributed by atoms with Crippen LogP contribution in [0, 0.1) is 0 Å². The Morgan fingerprint density at radius 2 is 1.81 bits per heavy atom. The molecule has 1 spiro atoms. The Kier molecular flexibility index (Phi) is 6.72. The monoisotopic (exact) mass is 429 g/mol. The number of carbonyl (C=O) groups is 5. The number of amides is 4. The fourth-order valence-corrected chi connectivity index (χ4v) is 3.92. The van der Waals surface area contributed by atoms with Crippen LogP contribution >= 0.6 is 0 Å². The Labute approximate surface area is 180 Å². The van der Waals surface area contributed by atoms with Crippen LogP contribution in [0.2, 0.25) is 0 Å². The van der Waals surface area contributed by atoms with E-state index in [9.17, 15) is 24.0 Å². The molecule has 9 heteroatoms. The lowest BCUT2D eigenvalue weighted by Gasteiger charge is -2.20. The van der Waals surface area contributed by atoms with Crippen LogP contribution < -0.4 is 10.6 Å². The number of Topliss-reactive ketones (excluding diaryl/α,β-unsaturated/α-hetero) is 1. The molecular formula is C22H27N3O6. The van der Waals surface area contributed by atoms with Crippen LogP contribution in [0.15, 0.2) is 24.3 Å².